The first-order valence-electron chi connectivity index (χ1n) is 29.0. The van der Waals surface area contributed by atoms with Gasteiger partial charge in [-0.1, -0.05) is 136 Å². The van der Waals surface area contributed by atoms with E-state index in [1.807, 2.05) is 117 Å². The van der Waals surface area contributed by atoms with Gasteiger partial charge < -0.3 is 40.2 Å². The molecule has 0 radical (unpaired) electrons. The van der Waals surface area contributed by atoms with Crippen LogP contribution in [-0.4, -0.2) is 95.2 Å². The third-order valence-corrected chi connectivity index (χ3v) is 16.8. The maximum absolute atomic E-state index is 14.1. The fourth-order valence-electron chi connectivity index (χ4n) is 11.3. The molecule has 2 fully saturated rings. The molecule has 1 saturated carbocycles. The number of aryl methyl sites for hydroxylation is 1. The lowest BCUT2D eigenvalue weighted by atomic mass is 9.85. The number of fused-ring (bicyclic) bond motifs is 1. The fraction of sp³-hybridized carbons (Fsp3) is 0.409. The van der Waals surface area contributed by atoms with E-state index in [0.717, 1.165) is 85.5 Å². The first-order chi connectivity index (χ1) is 39.6. The predicted molar refractivity (Wildman–Crippen MR) is 322 cm³/mol. The molecule has 4 heterocycles. The first kappa shape index (κ1) is 58.9. The molecule has 3 aromatic heterocycles. The van der Waals surface area contributed by atoms with Crippen molar-refractivity contribution < 1.29 is 29.4 Å². The smallest absolute Gasteiger partial charge is 0.246 e. The normalized spacial score (nSPS) is 17.5. The third-order valence-electron chi connectivity index (χ3n) is 15.8. The van der Waals surface area contributed by atoms with Gasteiger partial charge in [0, 0.05) is 69.0 Å². The number of unbranched alkanes of at least 4 members (excludes halogenated alkanes) is 4. The molecular formula is C66H77N9O6S. The molecule has 1 aliphatic carbocycles. The van der Waals surface area contributed by atoms with Crippen molar-refractivity contribution in [3.8, 4) is 44.7 Å². The molecule has 1 aliphatic heterocycles. The highest BCUT2D eigenvalue weighted by Gasteiger charge is 2.44. The van der Waals surface area contributed by atoms with E-state index in [2.05, 4.69) is 73.7 Å². The van der Waals surface area contributed by atoms with Crippen molar-refractivity contribution in [1.82, 2.24) is 40.0 Å². The van der Waals surface area contributed by atoms with E-state index in [0.29, 0.717) is 69.9 Å². The number of hydrogen-bond acceptors (Lipinski definition) is 10. The molecule has 6 N–H and O–H groups in total. The molecule has 2 aliphatic rings. The van der Waals surface area contributed by atoms with E-state index in [1.54, 1.807) is 11.3 Å². The highest BCUT2D eigenvalue weighted by atomic mass is 32.1. The quantitative estimate of drug-likeness (QED) is 0.0301. The number of amides is 4. The molecule has 428 valence electrons. The van der Waals surface area contributed by atoms with Crippen LogP contribution < -0.4 is 21.4 Å². The average Bonchev–Trinajstić information content (AvgIpc) is 4.21. The summed E-state index contributed by atoms with van der Waals surface area (Å²) in [5, 5.41) is 40.3. The molecule has 4 aromatic carbocycles. The lowest BCUT2D eigenvalue weighted by Gasteiger charge is -2.35. The Hall–Kier alpha value is -7.71. The number of thiazole rings is 1. The van der Waals surface area contributed by atoms with Crippen molar-refractivity contribution in [3.05, 3.63) is 149 Å². The molecule has 0 spiro atoms. The van der Waals surface area contributed by atoms with Crippen LogP contribution in [0.15, 0.2) is 121 Å². The summed E-state index contributed by atoms with van der Waals surface area (Å²) in [4.78, 5) is 65.5. The second kappa shape index (κ2) is 27.4. The van der Waals surface area contributed by atoms with Gasteiger partial charge in [0.25, 0.3) is 0 Å². The summed E-state index contributed by atoms with van der Waals surface area (Å²) in [6, 6.07) is 35.1. The van der Waals surface area contributed by atoms with E-state index in [9.17, 15) is 34.8 Å². The number of aliphatic hydroxyl groups is 2. The summed E-state index contributed by atoms with van der Waals surface area (Å²) >= 11 is 1.58. The van der Waals surface area contributed by atoms with Crippen molar-refractivity contribution in [2.24, 2.45) is 5.41 Å². The number of carbonyl (C=O) groups excluding carboxylic acids is 4. The number of β-amino-alcohol motifs (C(OH)–C–C–N with tert-alkyl or cyclic N) is 1. The molecule has 4 amide bonds. The SMILES string of the molecule is Cc1ncsc1-c1ccc(CNC(=O)[C@@H]2C[C@@H](O)CN2C(=O)[C@@H](NC(=O)CCCCCNC(=O)CCCCC#Cc2cccc(Cn3c(-c4ccccc4)c(-c4ccccc4)c4c(=N)n(C5CCC(O)CC5)cnc43)c2)C(C)(C)C)cc1. The Bertz CT molecular complexity index is 3460. The van der Waals surface area contributed by atoms with Crippen LogP contribution in [0.4, 0.5) is 0 Å². The van der Waals surface area contributed by atoms with Gasteiger partial charge in [-0.25, -0.2) is 9.97 Å². The van der Waals surface area contributed by atoms with Gasteiger partial charge >= 0.3 is 0 Å². The standard InChI is InChI=1S/C66H77N9O6S/c1-44-60(82-43-71-44)50-30-28-46(29-31-50)39-69-64(80)54-38-53(77)41-73(54)65(81)61(66(2,3)4)72-56(79)27-16-9-17-36-68-55(78)26-15-6-5-10-19-45-20-18-21-47(37-45)40-74-59(49-24-13-8-14-25-49)57(48-22-11-7-12-23-48)58-62(67)75(42-70-63(58)74)51-32-34-52(76)35-33-51/h7-8,11-14,18,20-25,28-31,37,42-43,51-54,61,67,76-77H,5-6,9,15-17,26-27,32-36,38-41H2,1-4H3,(H,68,78)(H,69,80)(H,72,79)/t51?,52?,53-,54+,61-/m1/s1. The number of carbonyl (C=O) groups is 4. The molecule has 1 saturated heterocycles. The predicted octanol–water partition coefficient (Wildman–Crippen LogP) is 10.0. The van der Waals surface area contributed by atoms with Crippen LogP contribution in [0.5, 0.6) is 0 Å². The second-order valence-electron chi connectivity index (χ2n) is 23.0. The molecule has 3 atom stereocenters. The van der Waals surface area contributed by atoms with E-state index in [-0.39, 0.29) is 55.8 Å². The Labute approximate surface area is 485 Å². The van der Waals surface area contributed by atoms with Crippen LogP contribution >= 0.6 is 11.3 Å². The average molecular weight is 1120 g/mol. The summed E-state index contributed by atoms with van der Waals surface area (Å²) in [6.45, 7) is 8.87. The molecule has 0 bridgehead atoms. The van der Waals surface area contributed by atoms with Crippen molar-refractivity contribution >= 4 is 46.0 Å². The number of nitrogens with one attached hydrogen (secondary N) is 4. The number of benzene rings is 4. The zero-order valence-electron chi connectivity index (χ0n) is 47.6. The highest BCUT2D eigenvalue weighted by molar-refractivity contribution is 7.13. The molecule has 7 aromatic rings. The van der Waals surface area contributed by atoms with Crippen LogP contribution in [0.2, 0.25) is 0 Å². The van der Waals surface area contributed by atoms with Crippen LogP contribution in [0.3, 0.4) is 0 Å². The third kappa shape index (κ3) is 14.7. The molecule has 0 unspecified atom stereocenters. The Morgan fingerprint density at radius 2 is 1.48 bits per heavy atom. The zero-order valence-corrected chi connectivity index (χ0v) is 48.4. The summed E-state index contributed by atoms with van der Waals surface area (Å²) in [5.74, 6) is 5.64. The van der Waals surface area contributed by atoms with Gasteiger partial charge in [-0.15, -0.1) is 11.3 Å². The molecule has 9 rings (SSSR count). The van der Waals surface area contributed by atoms with Gasteiger partial charge in [-0.2, -0.15) is 0 Å². The van der Waals surface area contributed by atoms with E-state index < -0.39 is 29.5 Å². The minimum Gasteiger partial charge on any atom is -0.393 e. The van der Waals surface area contributed by atoms with E-state index in [4.69, 9.17) is 4.98 Å². The van der Waals surface area contributed by atoms with Gasteiger partial charge in [0.2, 0.25) is 23.6 Å². The molecule has 82 heavy (non-hydrogen) atoms. The fourth-order valence-corrected chi connectivity index (χ4v) is 12.1. The number of aromatic nitrogens is 4. The zero-order chi connectivity index (χ0) is 57.8. The number of likely N-dealkylation sites (tertiary alicyclic amines) is 1. The lowest BCUT2D eigenvalue weighted by Crippen LogP contribution is -2.57. The molecule has 16 heteroatoms. The summed E-state index contributed by atoms with van der Waals surface area (Å²) in [5.41, 5.74) is 11.2. The molecule has 15 nitrogen and oxygen atoms in total. The van der Waals surface area contributed by atoms with Crippen LogP contribution in [-0.2, 0) is 32.3 Å². The van der Waals surface area contributed by atoms with Gasteiger partial charge in [0.15, 0.2) is 0 Å². The monoisotopic (exact) mass is 1120 g/mol. The topological polar surface area (TPSA) is 208 Å². The van der Waals surface area contributed by atoms with Gasteiger partial charge in [0.1, 0.15) is 23.2 Å². The van der Waals surface area contributed by atoms with Gasteiger partial charge in [-0.3, -0.25) is 24.6 Å². The Morgan fingerprint density at radius 3 is 2.18 bits per heavy atom. The second-order valence-corrected chi connectivity index (χ2v) is 23.9. The highest BCUT2D eigenvalue weighted by Crippen LogP contribution is 2.40. The summed E-state index contributed by atoms with van der Waals surface area (Å²) < 4.78 is 4.24. The van der Waals surface area contributed by atoms with Crippen molar-refractivity contribution in [3.63, 3.8) is 0 Å². The lowest BCUT2D eigenvalue weighted by molar-refractivity contribution is -0.144. The van der Waals surface area contributed by atoms with Crippen LogP contribution in [0.1, 0.15) is 133 Å². The first-order valence-corrected chi connectivity index (χ1v) is 29.9. The van der Waals surface area contributed by atoms with E-state index in [1.165, 1.54) is 4.90 Å². The maximum Gasteiger partial charge on any atom is 0.246 e. The maximum atomic E-state index is 14.1. The number of rotatable bonds is 21. The number of nitrogens with zero attached hydrogens (tertiary/aromatic N) is 5. The summed E-state index contributed by atoms with van der Waals surface area (Å²) in [7, 11) is 0. The minimum absolute atomic E-state index is 0.00420. The van der Waals surface area contributed by atoms with Crippen molar-refractivity contribution in [2.75, 3.05) is 13.1 Å². The van der Waals surface area contributed by atoms with Gasteiger partial charge in [0.05, 0.1) is 45.7 Å². The van der Waals surface area contributed by atoms with Crippen LogP contribution in [0, 0.1) is 29.6 Å². The minimum atomic E-state index is -0.902. The number of hydrogen-bond donors (Lipinski definition) is 6. The number of aliphatic hydroxyl groups excluding tert-OH is 2. The molecular weight excluding hydrogens is 1050 g/mol. The summed E-state index contributed by atoms with van der Waals surface area (Å²) in [6.07, 6.45) is 8.56. The van der Waals surface area contributed by atoms with Crippen LogP contribution in [0.25, 0.3) is 43.9 Å². The largest absolute Gasteiger partial charge is 0.393 e. The van der Waals surface area contributed by atoms with Crippen molar-refractivity contribution in [1.29, 1.82) is 5.41 Å². The Kier molecular flexibility index (Phi) is 19.7. The van der Waals surface area contributed by atoms with Crippen molar-refractivity contribution in [2.45, 2.75) is 155 Å². The van der Waals surface area contributed by atoms with Gasteiger partial charge in [-0.05, 0) is 104 Å². The van der Waals surface area contributed by atoms with E-state index >= 15 is 0 Å². The Balaban J connectivity index is 0.715. The Morgan fingerprint density at radius 1 is 0.768 bits per heavy atom.